The lowest BCUT2D eigenvalue weighted by Gasteiger charge is -2.46. The highest BCUT2D eigenvalue weighted by Gasteiger charge is 2.49. The summed E-state index contributed by atoms with van der Waals surface area (Å²) in [7, 11) is 0. The second-order valence-corrected chi connectivity index (χ2v) is 8.64. The lowest BCUT2D eigenvalue weighted by molar-refractivity contribution is -0.146. The van der Waals surface area contributed by atoms with Crippen LogP contribution in [0.4, 0.5) is 5.13 Å². The van der Waals surface area contributed by atoms with Crippen LogP contribution < -0.4 is 11.1 Å². The predicted octanol–water partition coefficient (Wildman–Crippen LogP) is 0.876. The topological polar surface area (TPSA) is 149 Å². The normalized spacial score (nSPS) is 21.6. The van der Waals surface area contributed by atoms with Crippen LogP contribution in [0.5, 0.6) is 0 Å². The fourth-order valence-electron chi connectivity index (χ4n) is 2.73. The van der Waals surface area contributed by atoms with Crippen LogP contribution in [0, 0.1) is 0 Å². The third kappa shape index (κ3) is 5.73. The Kier molecular flexibility index (Phi) is 7.35. The van der Waals surface area contributed by atoms with Crippen molar-refractivity contribution in [3.63, 3.8) is 0 Å². The van der Waals surface area contributed by atoms with Gasteiger partial charge in [-0.3, -0.25) is 14.4 Å². The van der Waals surface area contributed by atoms with E-state index in [1.807, 2.05) is 13.0 Å². The minimum Gasteiger partial charge on any atom is -0.466 e. The molecule has 3 atom stereocenters. The first-order valence-corrected chi connectivity index (χ1v) is 11.5. The van der Waals surface area contributed by atoms with Gasteiger partial charge in [-0.1, -0.05) is 24.6 Å². The third-order valence-electron chi connectivity index (χ3n) is 4.31. The van der Waals surface area contributed by atoms with E-state index in [4.69, 9.17) is 16.7 Å². The van der Waals surface area contributed by atoms with E-state index in [0.717, 1.165) is 30.1 Å². The highest BCUT2D eigenvalue weighted by Crippen LogP contribution is 2.33. The van der Waals surface area contributed by atoms with Crippen LogP contribution in [0.25, 0.3) is 0 Å². The number of nitrogens with zero attached hydrogens (tertiary/aromatic N) is 4. The van der Waals surface area contributed by atoms with Gasteiger partial charge in [-0.25, -0.2) is 0 Å². The Bertz CT molecular complexity index is 910. The highest BCUT2D eigenvalue weighted by atomic mass is 32.2. The number of carbonyl (C=O) groups excluding carboxylic acids is 3. The maximum Gasteiger partial charge on any atom is 0.309 e. The molecule has 1 aromatic rings. The Balaban J connectivity index is 1.67. The molecule has 3 N–H and O–H groups in total. The highest BCUT2D eigenvalue weighted by molar-refractivity contribution is 8.00. The van der Waals surface area contributed by atoms with Crippen molar-refractivity contribution in [2.24, 2.45) is 5.16 Å². The van der Waals surface area contributed by atoms with Gasteiger partial charge in [0.2, 0.25) is 11.5 Å². The van der Waals surface area contributed by atoms with Crippen LogP contribution in [0.2, 0.25) is 0 Å². The first kappa shape index (κ1) is 21.6. The van der Waals surface area contributed by atoms with E-state index in [2.05, 4.69) is 19.8 Å². The summed E-state index contributed by atoms with van der Waals surface area (Å²) >= 11 is 2.39. The summed E-state index contributed by atoms with van der Waals surface area (Å²) in [6, 6.07) is -0.723. The average molecular weight is 471 g/mol. The Morgan fingerprint density at radius 1 is 1.55 bits per heavy atom. The molecular weight excluding hydrogens is 444 g/mol. The number of anilines is 1. The van der Waals surface area contributed by atoms with Crippen molar-refractivity contribution in [3.8, 4) is 0 Å². The molecule has 0 bridgehead atoms. The van der Waals surface area contributed by atoms with Gasteiger partial charge >= 0.3 is 5.97 Å². The standard InChI is InChI=1S/C18H24N6O5S2/c1-3-4-7-28-11(25)9-10(2)29-22-12(14-21-18(19)31-23-14)15(26)20-13-16(27)24-6-5-8-30-17(13)24/h5-6,10,13,17H,3-4,7-9H2,1-2H3,(H,20,26)(H2,19,21,23)/t10?,13?,17-/m0/s1/i2T. The monoisotopic (exact) mass is 470 g/mol. The third-order valence-corrected chi connectivity index (χ3v) is 6.08. The molecule has 11 nitrogen and oxygen atoms in total. The van der Waals surface area contributed by atoms with Gasteiger partial charge in [-0.2, -0.15) is 9.36 Å². The molecule has 1 aromatic heterocycles. The second-order valence-electron chi connectivity index (χ2n) is 6.71. The molecular formula is C18H24N6O5S2. The minimum absolute atomic E-state index is 0.0703. The molecule has 3 heterocycles. The quantitative estimate of drug-likeness (QED) is 0.167. The number of hydrogen-bond donors (Lipinski definition) is 2. The van der Waals surface area contributed by atoms with Crippen molar-refractivity contribution in [1.82, 2.24) is 19.6 Å². The lowest BCUT2D eigenvalue weighted by atomic mass is 10.1. The zero-order valence-corrected chi connectivity index (χ0v) is 18.5. The van der Waals surface area contributed by atoms with E-state index in [-0.39, 0.29) is 41.3 Å². The summed E-state index contributed by atoms with van der Waals surface area (Å²) in [6.07, 6.45) is 4.07. The summed E-state index contributed by atoms with van der Waals surface area (Å²) in [5.74, 6) is -0.814. The fourth-order valence-corrected chi connectivity index (χ4v) is 4.27. The van der Waals surface area contributed by atoms with Gasteiger partial charge in [0, 0.05) is 24.9 Å². The number of thioether (sulfide) groups is 1. The molecule has 168 valence electrons. The number of unbranched alkanes of at least 4 members (excludes halogenated alkanes) is 1. The lowest BCUT2D eigenvalue weighted by Crippen LogP contribution is -2.68. The molecule has 0 radical (unpaired) electrons. The number of nitrogens with one attached hydrogen (secondary N) is 1. The van der Waals surface area contributed by atoms with Gasteiger partial charge < -0.3 is 25.5 Å². The van der Waals surface area contributed by atoms with E-state index in [0.29, 0.717) is 6.61 Å². The Labute approximate surface area is 189 Å². The number of nitrogen functional groups attached to an aromatic ring is 1. The zero-order chi connectivity index (χ0) is 23.1. The molecule has 1 saturated heterocycles. The molecule has 0 spiro atoms. The number of carbonyl (C=O) groups is 3. The van der Waals surface area contributed by atoms with Crippen molar-refractivity contribution in [2.45, 2.75) is 50.6 Å². The number of esters is 1. The maximum atomic E-state index is 12.9. The number of aromatic nitrogens is 2. The average Bonchev–Trinajstić information content (AvgIpc) is 3.22. The van der Waals surface area contributed by atoms with Crippen LogP contribution in [-0.4, -0.2) is 67.6 Å². The Hall–Kier alpha value is -2.67. The summed E-state index contributed by atoms with van der Waals surface area (Å²) in [4.78, 5) is 47.9. The second kappa shape index (κ2) is 10.6. The van der Waals surface area contributed by atoms with Crippen LogP contribution in [0.15, 0.2) is 17.4 Å². The van der Waals surface area contributed by atoms with Crippen molar-refractivity contribution in [1.29, 1.82) is 0 Å². The zero-order valence-electron chi connectivity index (χ0n) is 17.9. The van der Waals surface area contributed by atoms with Crippen LogP contribution in [-0.2, 0) is 24.0 Å². The van der Waals surface area contributed by atoms with E-state index in [1.54, 1.807) is 11.1 Å². The molecule has 13 heteroatoms. The van der Waals surface area contributed by atoms with Gasteiger partial charge in [-0.15, -0.1) is 11.8 Å². The summed E-state index contributed by atoms with van der Waals surface area (Å²) in [6.45, 7) is 1.98. The van der Waals surface area contributed by atoms with E-state index < -0.39 is 24.0 Å². The first-order chi connectivity index (χ1) is 15.4. The van der Waals surface area contributed by atoms with Crippen molar-refractivity contribution < 1.29 is 25.3 Å². The number of rotatable bonds is 10. The fraction of sp³-hybridized carbons (Fsp3) is 0.556. The molecule has 2 unspecified atom stereocenters. The minimum atomic E-state index is -0.928. The number of oxime groups is 1. The van der Waals surface area contributed by atoms with Crippen molar-refractivity contribution >= 4 is 51.9 Å². The maximum absolute atomic E-state index is 12.9. The van der Waals surface area contributed by atoms with E-state index in [9.17, 15) is 14.4 Å². The van der Waals surface area contributed by atoms with Gasteiger partial charge in [0.25, 0.3) is 11.8 Å². The smallest absolute Gasteiger partial charge is 0.309 e. The van der Waals surface area contributed by atoms with Gasteiger partial charge in [-0.05, 0) is 13.3 Å². The van der Waals surface area contributed by atoms with Crippen LogP contribution in [0.1, 0.15) is 40.3 Å². The van der Waals surface area contributed by atoms with E-state index >= 15 is 0 Å². The van der Waals surface area contributed by atoms with Gasteiger partial charge in [0.05, 0.1) is 13.0 Å². The summed E-state index contributed by atoms with van der Waals surface area (Å²) in [5, 5.41) is 6.38. The molecule has 1 fully saturated rings. The Morgan fingerprint density at radius 3 is 3.10 bits per heavy atom. The number of fused-ring (bicyclic) bond motifs is 1. The molecule has 0 aromatic carbocycles. The number of β-lactam (4-membered cyclic amide) rings is 1. The van der Waals surface area contributed by atoms with Crippen LogP contribution >= 0.6 is 23.3 Å². The molecule has 2 amide bonds. The molecule has 3 rings (SSSR count). The molecule has 0 aliphatic carbocycles. The molecule has 2 aliphatic heterocycles. The SMILES string of the molecule is [3H]CC(CC(=O)OCCCC)ON=C(C(=O)NC1C(=O)N2C=CCS[C@@H]12)c1nsc(N)n1. The molecule has 31 heavy (non-hydrogen) atoms. The largest absolute Gasteiger partial charge is 0.466 e. The number of amides is 2. The number of hydrogen-bond acceptors (Lipinski definition) is 11. The van der Waals surface area contributed by atoms with Crippen LogP contribution in [0.3, 0.4) is 0 Å². The van der Waals surface area contributed by atoms with E-state index in [1.165, 1.54) is 11.8 Å². The molecule has 0 saturated carbocycles. The summed E-state index contributed by atoms with van der Waals surface area (Å²) in [5.41, 5.74) is 5.33. The number of nitrogens with two attached hydrogens (primary N) is 1. The molecule has 2 aliphatic rings. The van der Waals surface area contributed by atoms with Gasteiger partial charge in [0.15, 0.2) is 5.13 Å². The summed E-state index contributed by atoms with van der Waals surface area (Å²) < 4.78 is 16.7. The van der Waals surface area contributed by atoms with Crippen molar-refractivity contribution in [3.05, 3.63) is 18.1 Å². The van der Waals surface area contributed by atoms with Crippen molar-refractivity contribution in [2.75, 3.05) is 18.1 Å². The van der Waals surface area contributed by atoms with Gasteiger partial charge in [0.1, 0.15) is 17.5 Å². The first-order valence-electron chi connectivity index (χ1n) is 10.3. The number of ether oxygens (including phenoxy) is 1. The predicted molar refractivity (Wildman–Crippen MR) is 116 cm³/mol. The Morgan fingerprint density at radius 2 is 2.39 bits per heavy atom.